The predicted octanol–water partition coefficient (Wildman–Crippen LogP) is 5.90. The molecule has 0 aliphatic heterocycles. The van der Waals surface area contributed by atoms with Crippen molar-refractivity contribution in [3.05, 3.63) is 118 Å². The number of halogens is 3. The van der Waals surface area contributed by atoms with Crippen molar-refractivity contribution in [2.45, 2.75) is 39.3 Å². The van der Waals surface area contributed by atoms with Gasteiger partial charge < -0.3 is 5.11 Å². The number of aromatic hydroxyl groups is 1. The van der Waals surface area contributed by atoms with Crippen molar-refractivity contribution in [3.63, 3.8) is 0 Å². The van der Waals surface area contributed by atoms with Crippen LogP contribution in [0.4, 0.5) is 13.2 Å². The number of hydrogen-bond donors (Lipinski definition) is 1. The maximum absolute atomic E-state index is 14.2. The first-order valence-corrected chi connectivity index (χ1v) is 12.8. The molecule has 0 saturated carbocycles. The highest BCUT2D eigenvalue weighted by Gasteiger charge is 2.25. The average Bonchev–Trinajstić information content (AvgIpc) is 3.42. The second-order valence-electron chi connectivity index (χ2n) is 9.34. The predicted molar refractivity (Wildman–Crippen MR) is 144 cm³/mol. The molecule has 40 heavy (non-hydrogen) atoms. The van der Waals surface area contributed by atoms with Gasteiger partial charge in [-0.2, -0.15) is 14.5 Å². The molecular weight excluding hydrogens is 519 g/mol. The van der Waals surface area contributed by atoms with E-state index < -0.39 is 35.1 Å². The third kappa shape index (κ3) is 5.38. The molecular formula is C30H26F3N5O2. The van der Waals surface area contributed by atoms with Crippen molar-refractivity contribution in [2.24, 2.45) is 0 Å². The molecule has 1 atom stereocenters. The van der Waals surface area contributed by atoms with Crippen molar-refractivity contribution < 1.29 is 18.3 Å². The monoisotopic (exact) mass is 545 g/mol. The summed E-state index contributed by atoms with van der Waals surface area (Å²) in [5.74, 6) is -2.46. The molecule has 0 fully saturated rings. The van der Waals surface area contributed by atoms with E-state index in [4.69, 9.17) is 0 Å². The molecule has 3 heterocycles. The van der Waals surface area contributed by atoms with Crippen molar-refractivity contribution in [1.82, 2.24) is 24.3 Å². The van der Waals surface area contributed by atoms with Crippen LogP contribution in [0.15, 0.2) is 77.9 Å². The summed E-state index contributed by atoms with van der Waals surface area (Å²) in [6, 6.07) is 14.1. The van der Waals surface area contributed by atoms with Crippen LogP contribution >= 0.6 is 0 Å². The topological polar surface area (TPSA) is 85.8 Å². The molecule has 204 valence electrons. The lowest BCUT2D eigenvalue weighted by atomic mass is 10.0. The van der Waals surface area contributed by atoms with E-state index in [2.05, 4.69) is 15.1 Å². The third-order valence-electron chi connectivity index (χ3n) is 6.74. The lowest BCUT2D eigenvalue weighted by Crippen LogP contribution is -2.31. The Morgan fingerprint density at radius 2 is 1.62 bits per heavy atom. The van der Waals surface area contributed by atoms with E-state index in [9.17, 15) is 23.1 Å². The minimum Gasteiger partial charge on any atom is -0.493 e. The van der Waals surface area contributed by atoms with Crippen LogP contribution in [0.25, 0.3) is 22.6 Å². The van der Waals surface area contributed by atoms with Gasteiger partial charge in [0.15, 0.2) is 5.82 Å². The minimum absolute atomic E-state index is 0.0326. The quantitative estimate of drug-likeness (QED) is 0.245. The normalized spacial score (nSPS) is 12.0. The molecule has 5 rings (SSSR count). The van der Waals surface area contributed by atoms with Gasteiger partial charge in [0.05, 0.1) is 11.6 Å². The number of benzene rings is 2. The van der Waals surface area contributed by atoms with Crippen molar-refractivity contribution >= 4 is 0 Å². The summed E-state index contributed by atoms with van der Waals surface area (Å²) in [6.07, 6.45) is 3.52. The van der Waals surface area contributed by atoms with E-state index >= 15 is 0 Å². The van der Waals surface area contributed by atoms with Gasteiger partial charge in [0.1, 0.15) is 17.3 Å². The summed E-state index contributed by atoms with van der Waals surface area (Å²) in [4.78, 5) is 22.1. The van der Waals surface area contributed by atoms with Crippen molar-refractivity contribution in [1.29, 1.82) is 0 Å². The molecule has 1 N–H and O–H groups in total. The van der Waals surface area contributed by atoms with E-state index in [0.717, 1.165) is 17.2 Å². The molecule has 0 bridgehead atoms. The Balaban J connectivity index is 1.61. The molecule has 0 aliphatic rings. The number of pyridine rings is 1. The van der Waals surface area contributed by atoms with Crippen LogP contribution in [-0.4, -0.2) is 29.4 Å². The molecule has 0 saturated heterocycles. The van der Waals surface area contributed by atoms with E-state index in [0.29, 0.717) is 24.2 Å². The van der Waals surface area contributed by atoms with Gasteiger partial charge in [0.25, 0.3) is 5.56 Å². The van der Waals surface area contributed by atoms with Gasteiger partial charge in [-0.05, 0) is 60.4 Å². The van der Waals surface area contributed by atoms with Crippen LogP contribution in [0.2, 0.25) is 0 Å². The molecule has 0 spiro atoms. The molecule has 2 aromatic carbocycles. The Kier molecular flexibility index (Phi) is 7.50. The van der Waals surface area contributed by atoms with Crippen molar-refractivity contribution in [3.8, 4) is 28.5 Å². The standard InChI is InChI=1S/C30H26F3N5O2/c1-3-26(21-14-22(31)16-23(32)15-21)38-28(25-11-12-37(4-2)36-25)35-29(39)24(30(38)40)13-18-5-7-19(8-6-18)20-9-10-27(33)34-17-20/h5-12,14-17,26,39H,3-4,13H2,1-2H3. The highest BCUT2D eigenvalue weighted by atomic mass is 19.1. The van der Waals surface area contributed by atoms with E-state index in [1.54, 1.807) is 42.1 Å². The number of aromatic nitrogens is 5. The summed E-state index contributed by atoms with van der Waals surface area (Å²) in [5, 5.41) is 15.4. The SMILES string of the molecule is CCC(c1cc(F)cc(F)c1)n1c(-c2ccn(CC)n2)nc(O)c(Cc2ccc(-c3ccc(F)nc3)cc2)c1=O. The van der Waals surface area contributed by atoms with Gasteiger partial charge in [-0.15, -0.1) is 0 Å². The highest BCUT2D eigenvalue weighted by molar-refractivity contribution is 5.62. The van der Waals surface area contributed by atoms with Crippen LogP contribution in [-0.2, 0) is 13.0 Å². The summed E-state index contributed by atoms with van der Waals surface area (Å²) < 4.78 is 44.6. The molecule has 0 radical (unpaired) electrons. The van der Waals surface area contributed by atoms with E-state index in [-0.39, 0.29) is 23.4 Å². The Hall–Kier alpha value is -4.73. The second-order valence-corrected chi connectivity index (χ2v) is 9.34. The maximum atomic E-state index is 14.2. The summed E-state index contributed by atoms with van der Waals surface area (Å²) >= 11 is 0. The first kappa shape index (κ1) is 26.9. The van der Waals surface area contributed by atoms with Gasteiger partial charge in [-0.3, -0.25) is 14.0 Å². The lowest BCUT2D eigenvalue weighted by molar-refractivity contribution is 0.433. The van der Waals surface area contributed by atoms with Crippen LogP contribution < -0.4 is 5.56 Å². The van der Waals surface area contributed by atoms with Crippen LogP contribution in [0.5, 0.6) is 5.88 Å². The fraction of sp³-hybridized carbons (Fsp3) is 0.200. The van der Waals surface area contributed by atoms with Crippen LogP contribution in [0, 0.1) is 17.6 Å². The number of aryl methyl sites for hydroxylation is 1. The van der Waals surface area contributed by atoms with Gasteiger partial charge in [0, 0.05) is 37.0 Å². The fourth-order valence-corrected chi connectivity index (χ4v) is 4.74. The molecule has 10 heteroatoms. The van der Waals surface area contributed by atoms with Crippen LogP contribution in [0.1, 0.15) is 43.0 Å². The largest absolute Gasteiger partial charge is 0.493 e. The van der Waals surface area contributed by atoms with Gasteiger partial charge >= 0.3 is 0 Å². The van der Waals surface area contributed by atoms with E-state index in [1.165, 1.54) is 29.0 Å². The zero-order valence-electron chi connectivity index (χ0n) is 21.9. The number of nitrogens with zero attached hydrogens (tertiary/aromatic N) is 5. The summed E-state index contributed by atoms with van der Waals surface area (Å²) in [6.45, 7) is 4.27. The number of rotatable bonds is 8. The first-order valence-electron chi connectivity index (χ1n) is 12.8. The van der Waals surface area contributed by atoms with Crippen LogP contribution in [0.3, 0.4) is 0 Å². The minimum atomic E-state index is -0.778. The Morgan fingerprint density at radius 1 is 0.925 bits per heavy atom. The average molecular weight is 546 g/mol. The Labute approximate surface area is 228 Å². The van der Waals surface area contributed by atoms with E-state index in [1.807, 2.05) is 19.1 Å². The molecule has 7 nitrogen and oxygen atoms in total. The molecule has 0 amide bonds. The summed E-state index contributed by atoms with van der Waals surface area (Å²) in [5.41, 5.74) is 2.33. The number of hydrogen-bond acceptors (Lipinski definition) is 5. The zero-order valence-corrected chi connectivity index (χ0v) is 21.9. The third-order valence-corrected chi connectivity index (χ3v) is 6.74. The molecule has 0 aliphatic carbocycles. The Morgan fingerprint density at radius 3 is 2.23 bits per heavy atom. The Bertz CT molecular complexity index is 1690. The zero-order chi connectivity index (χ0) is 28.4. The first-order chi connectivity index (χ1) is 19.3. The lowest BCUT2D eigenvalue weighted by Gasteiger charge is -2.23. The smallest absolute Gasteiger partial charge is 0.261 e. The molecule has 1 unspecified atom stereocenters. The van der Waals surface area contributed by atoms with Gasteiger partial charge in [0.2, 0.25) is 11.8 Å². The maximum Gasteiger partial charge on any atom is 0.261 e. The van der Waals surface area contributed by atoms with Gasteiger partial charge in [-0.1, -0.05) is 31.2 Å². The molecule has 3 aromatic heterocycles. The highest BCUT2D eigenvalue weighted by Crippen LogP contribution is 2.30. The fourth-order valence-electron chi connectivity index (χ4n) is 4.74. The summed E-state index contributed by atoms with van der Waals surface area (Å²) in [7, 11) is 0. The van der Waals surface area contributed by atoms with Crippen molar-refractivity contribution in [2.75, 3.05) is 0 Å². The van der Waals surface area contributed by atoms with Gasteiger partial charge in [-0.25, -0.2) is 13.8 Å². The second kappa shape index (κ2) is 11.2. The molecule has 5 aromatic rings.